The normalized spacial score (nSPS) is 16.6. The predicted octanol–water partition coefficient (Wildman–Crippen LogP) is 0.583. The van der Waals surface area contributed by atoms with Crippen molar-refractivity contribution in [1.29, 1.82) is 0 Å². The van der Waals surface area contributed by atoms with Crippen molar-refractivity contribution in [3.05, 3.63) is 29.8 Å². The van der Waals surface area contributed by atoms with Gasteiger partial charge in [0.05, 0.1) is 6.61 Å². The molecule has 23 heavy (non-hydrogen) atoms. The van der Waals surface area contributed by atoms with E-state index in [1.54, 1.807) is 12.1 Å². The van der Waals surface area contributed by atoms with E-state index in [9.17, 15) is 20.4 Å². The average molecular weight is 328 g/mol. The van der Waals surface area contributed by atoms with Gasteiger partial charge in [-0.3, -0.25) is 0 Å². The third-order valence-corrected chi connectivity index (χ3v) is 3.78. The summed E-state index contributed by atoms with van der Waals surface area (Å²) in [5.74, 6) is -2.13. The van der Waals surface area contributed by atoms with Crippen LogP contribution in [0, 0.1) is 0 Å². The van der Waals surface area contributed by atoms with E-state index in [2.05, 4.69) is 6.92 Å². The second-order valence-electron chi connectivity index (χ2n) is 5.75. The standard InChI is InChI=1S/C17H28O6/c1-2-3-4-5-6-13-7-9-14(10-8-13)23-17(22,12-19)16(21)15(20)11-18/h7-10,15-16,18-22H,2-6,11-12H2,1H3. The number of unbranched alkanes of at least 4 members (excludes halogenated alkanes) is 3. The zero-order valence-electron chi connectivity index (χ0n) is 13.6. The van der Waals surface area contributed by atoms with Gasteiger partial charge in [-0.25, -0.2) is 0 Å². The highest BCUT2D eigenvalue weighted by molar-refractivity contribution is 5.28. The molecule has 132 valence electrons. The van der Waals surface area contributed by atoms with Gasteiger partial charge < -0.3 is 30.3 Å². The Morgan fingerprint density at radius 3 is 2.22 bits per heavy atom. The van der Waals surface area contributed by atoms with Crippen molar-refractivity contribution in [2.75, 3.05) is 13.2 Å². The van der Waals surface area contributed by atoms with Crippen LogP contribution in [0.4, 0.5) is 0 Å². The molecule has 0 aliphatic carbocycles. The van der Waals surface area contributed by atoms with E-state index in [4.69, 9.17) is 9.84 Å². The summed E-state index contributed by atoms with van der Waals surface area (Å²) in [5, 5.41) is 47.4. The summed E-state index contributed by atoms with van der Waals surface area (Å²) in [4.78, 5) is 0. The van der Waals surface area contributed by atoms with Gasteiger partial charge in [0, 0.05) is 0 Å². The lowest BCUT2D eigenvalue weighted by molar-refractivity contribution is -0.249. The lowest BCUT2D eigenvalue weighted by Crippen LogP contribution is -2.56. The molecule has 0 radical (unpaired) electrons. The number of hydrogen-bond donors (Lipinski definition) is 5. The summed E-state index contributed by atoms with van der Waals surface area (Å²) in [6.07, 6.45) is 2.19. The Morgan fingerprint density at radius 2 is 1.70 bits per heavy atom. The van der Waals surface area contributed by atoms with Crippen LogP contribution in [0.3, 0.4) is 0 Å². The van der Waals surface area contributed by atoms with E-state index in [1.165, 1.54) is 19.3 Å². The molecule has 0 aliphatic rings. The monoisotopic (exact) mass is 328 g/mol. The van der Waals surface area contributed by atoms with Gasteiger partial charge in [-0.1, -0.05) is 38.3 Å². The van der Waals surface area contributed by atoms with E-state index in [0.717, 1.165) is 18.4 Å². The first-order chi connectivity index (χ1) is 11.0. The topological polar surface area (TPSA) is 110 Å². The molecule has 0 amide bonds. The molecular formula is C17H28O6. The number of rotatable bonds is 11. The van der Waals surface area contributed by atoms with Crippen LogP contribution in [0.15, 0.2) is 24.3 Å². The number of benzene rings is 1. The Hall–Kier alpha value is -1.18. The molecule has 6 heteroatoms. The smallest absolute Gasteiger partial charge is 0.260 e. The minimum Gasteiger partial charge on any atom is -0.457 e. The molecule has 0 saturated carbocycles. The third-order valence-electron chi connectivity index (χ3n) is 3.78. The average Bonchev–Trinajstić information content (AvgIpc) is 2.58. The Morgan fingerprint density at radius 1 is 1.04 bits per heavy atom. The second kappa shape index (κ2) is 9.85. The zero-order valence-corrected chi connectivity index (χ0v) is 13.6. The van der Waals surface area contributed by atoms with Crippen molar-refractivity contribution >= 4 is 0 Å². The van der Waals surface area contributed by atoms with Crippen LogP contribution in [0.25, 0.3) is 0 Å². The molecule has 5 N–H and O–H groups in total. The largest absolute Gasteiger partial charge is 0.457 e. The molecule has 0 saturated heterocycles. The fraction of sp³-hybridized carbons (Fsp3) is 0.647. The first-order valence-electron chi connectivity index (χ1n) is 8.05. The van der Waals surface area contributed by atoms with E-state index in [-0.39, 0.29) is 5.75 Å². The number of hydrogen-bond acceptors (Lipinski definition) is 6. The Kier molecular flexibility index (Phi) is 8.51. The predicted molar refractivity (Wildman–Crippen MR) is 86.1 cm³/mol. The lowest BCUT2D eigenvalue weighted by atomic mass is 10.0. The fourth-order valence-electron chi connectivity index (χ4n) is 2.27. The highest BCUT2D eigenvalue weighted by atomic mass is 16.7. The summed E-state index contributed by atoms with van der Waals surface area (Å²) < 4.78 is 5.22. The number of ether oxygens (including phenoxy) is 1. The summed E-state index contributed by atoms with van der Waals surface area (Å²) in [6, 6.07) is 6.98. The van der Waals surface area contributed by atoms with Crippen molar-refractivity contribution in [3.8, 4) is 5.75 Å². The van der Waals surface area contributed by atoms with E-state index in [1.807, 2.05) is 12.1 Å². The summed E-state index contributed by atoms with van der Waals surface area (Å²) >= 11 is 0. The minimum atomic E-state index is -2.38. The van der Waals surface area contributed by atoms with Crippen LogP contribution in [-0.2, 0) is 6.42 Å². The fourth-order valence-corrected chi connectivity index (χ4v) is 2.27. The van der Waals surface area contributed by atoms with Gasteiger partial charge in [0.2, 0.25) is 0 Å². The van der Waals surface area contributed by atoms with E-state index >= 15 is 0 Å². The van der Waals surface area contributed by atoms with Crippen molar-refractivity contribution in [1.82, 2.24) is 0 Å². The van der Waals surface area contributed by atoms with Gasteiger partial charge in [0.25, 0.3) is 5.79 Å². The maximum absolute atomic E-state index is 10.1. The first-order valence-corrected chi connectivity index (χ1v) is 8.05. The van der Waals surface area contributed by atoms with Gasteiger partial charge in [-0.15, -0.1) is 0 Å². The molecule has 6 nitrogen and oxygen atoms in total. The van der Waals surface area contributed by atoms with Crippen molar-refractivity contribution in [2.24, 2.45) is 0 Å². The molecule has 0 aliphatic heterocycles. The highest BCUT2D eigenvalue weighted by Crippen LogP contribution is 2.22. The van der Waals surface area contributed by atoms with Crippen molar-refractivity contribution < 1.29 is 30.3 Å². The minimum absolute atomic E-state index is 0.253. The number of aryl methyl sites for hydroxylation is 1. The van der Waals surface area contributed by atoms with Crippen LogP contribution in [0.5, 0.6) is 5.75 Å². The first kappa shape index (κ1) is 19.9. The van der Waals surface area contributed by atoms with Gasteiger partial charge in [0.15, 0.2) is 0 Å². The SMILES string of the molecule is CCCCCCc1ccc(OC(O)(CO)C(O)C(O)CO)cc1. The zero-order chi connectivity index (χ0) is 17.3. The Balaban J connectivity index is 2.64. The molecule has 0 heterocycles. The lowest BCUT2D eigenvalue weighted by Gasteiger charge is -2.33. The van der Waals surface area contributed by atoms with Gasteiger partial charge in [-0.05, 0) is 30.5 Å². The van der Waals surface area contributed by atoms with Crippen LogP contribution in [0.1, 0.15) is 38.2 Å². The molecule has 0 bridgehead atoms. The summed E-state index contributed by atoms with van der Waals surface area (Å²) in [5.41, 5.74) is 1.14. The molecule has 1 aromatic carbocycles. The molecule has 3 unspecified atom stereocenters. The molecule has 0 spiro atoms. The summed E-state index contributed by atoms with van der Waals surface area (Å²) in [6.45, 7) is 0.476. The van der Waals surface area contributed by atoms with Crippen LogP contribution in [-0.4, -0.2) is 56.7 Å². The second-order valence-corrected chi connectivity index (χ2v) is 5.75. The van der Waals surface area contributed by atoms with Crippen LogP contribution < -0.4 is 4.74 Å². The Labute approximate surface area is 137 Å². The maximum atomic E-state index is 10.1. The van der Waals surface area contributed by atoms with Gasteiger partial charge in [-0.2, -0.15) is 0 Å². The van der Waals surface area contributed by atoms with Gasteiger partial charge in [0.1, 0.15) is 24.6 Å². The Bertz CT molecular complexity index is 435. The quantitative estimate of drug-likeness (QED) is 0.300. The molecule has 1 aromatic rings. The maximum Gasteiger partial charge on any atom is 0.260 e. The van der Waals surface area contributed by atoms with E-state index in [0.29, 0.717) is 0 Å². The highest BCUT2D eigenvalue weighted by Gasteiger charge is 2.42. The third kappa shape index (κ3) is 6.08. The molecular weight excluding hydrogens is 300 g/mol. The number of aliphatic hydroxyl groups excluding tert-OH is 4. The molecule has 3 atom stereocenters. The van der Waals surface area contributed by atoms with Crippen molar-refractivity contribution in [3.63, 3.8) is 0 Å². The van der Waals surface area contributed by atoms with Crippen LogP contribution in [0.2, 0.25) is 0 Å². The molecule has 0 aromatic heterocycles. The molecule has 1 rings (SSSR count). The number of aliphatic hydroxyl groups is 5. The van der Waals surface area contributed by atoms with Crippen molar-refractivity contribution in [2.45, 2.75) is 57.0 Å². The summed E-state index contributed by atoms with van der Waals surface area (Å²) in [7, 11) is 0. The van der Waals surface area contributed by atoms with Crippen LogP contribution >= 0.6 is 0 Å². The molecule has 0 fully saturated rings. The van der Waals surface area contributed by atoms with Gasteiger partial charge >= 0.3 is 0 Å². The van der Waals surface area contributed by atoms with E-state index < -0.39 is 31.2 Å².